The van der Waals surface area contributed by atoms with Crippen molar-refractivity contribution in [2.75, 3.05) is 6.61 Å². The summed E-state index contributed by atoms with van der Waals surface area (Å²) in [5.41, 5.74) is 1.99. The number of amides is 1. The molecule has 3 aromatic carbocycles. The van der Waals surface area contributed by atoms with Crippen LogP contribution in [-0.2, 0) is 4.79 Å². The molecule has 2 N–H and O–H groups in total. The highest BCUT2D eigenvalue weighted by molar-refractivity contribution is 5.82. The highest BCUT2D eigenvalue weighted by Crippen LogP contribution is 2.31. The predicted molar refractivity (Wildman–Crippen MR) is 134 cm³/mol. The fraction of sp³-hybridized carbons (Fsp3) is 0.286. The van der Waals surface area contributed by atoms with Crippen LogP contribution in [0.2, 0.25) is 0 Å². The minimum Gasteiger partial charge on any atom is -0.484 e. The summed E-state index contributed by atoms with van der Waals surface area (Å²) in [4.78, 5) is 12.7. The summed E-state index contributed by atoms with van der Waals surface area (Å²) in [6.07, 6.45) is 1.06. The Labute approximate surface area is 208 Å². The fourth-order valence-electron chi connectivity index (χ4n) is 3.96. The van der Waals surface area contributed by atoms with Gasteiger partial charge in [-0.15, -0.1) is 0 Å². The number of rotatable bonds is 8. The first-order chi connectivity index (χ1) is 17.1. The van der Waals surface area contributed by atoms with Crippen LogP contribution in [0.4, 0.5) is 8.78 Å². The van der Waals surface area contributed by atoms with Crippen LogP contribution in [0, 0.1) is 24.0 Å². The summed E-state index contributed by atoms with van der Waals surface area (Å²) >= 11 is 0. The summed E-state index contributed by atoms with van der Waals surface area (Å²) < 4.78 is 35.2. The molecule has 4 rings (SSSR count). The second-order valence-electron chi connectivity index (χ2n) is 9.60. The average molecular weight is 494 g/mol. The smallest absolute Gasteiger partial charge is 0.228 e. The van der Waals surface area contributed by atoms with Crippen molar-refractivity contribution in [2.45, 2.75) is 39.8 Å². The van der Waals surface area contributed by atoms with E-state index in [0.29, 0.717) is 11.3 Å². The van der Waals surface area contributed by atoms with E-state index in [2.05, 4.69) is 10.4 Å². The number of aromatic nitrogens is 2. The van der Waals surface area contributed by atoms with Gasteiger partial charge in [-0.3, -0.25) is 4.79 Å². The highest BCUT2D eigenvalue weighted by atomic mass is 19.1. The number of hydrogen-bond donors (Lipinski definition) is 2. The summed E-state index contributed by atoms with van der Waals surface area (Å²) in [7, 11) is 0. The number of hydrogen-bond acceptors (Lipinski definition) is 4. The third-order valence-corrected chi connectivity index (χ3v) is 6.23. The van der Waals surface area contributed by atoms with Gasteiger partial charge in [0, 0.05) is 5.39 Å². The molecule has 0 aliphatic heterocycles. The van der Waals surface area contributed by atoms with Gasteiger partial charge in [0.25, 0.3) is 0 Å². The number of aliphatic hydroxyl groups is 1. The average Bonchev–Trinajstić information content (AvgIpc) is 3.26. The van der Waals surface area contributed by atoms with E-state index in [9.17, 15) is 18.7 Å². The first-order valence-electron chi connectivity index (χ1n) is 11.7. The van der Waals surface area contributed by atoms with Crippen LogP contribution in [0.5, 0.6) is 5.75 Å². The maximum absolute atomic E-state index is 13.8. The quantitative estimate of drug-likeness (QED) is 0.351. The van der Waals surface area contributed by atoms with E-state index < -0.39 is 17.6 Å². The van der Waals surface area contributed by atoms with Gasteiger partial charge in [0.15, 0.2) is 0 Å². The highest BCUT2D eigenvalue weighted by Gasteiger charge is 2.31. The lowest BCUT2D eigenvalue weighted by molar-refractivity contribution is -0.132. The number of benzene rings is 3. The maximum Gasteiger partial charge on any atom is 0.228 e. The Morgan fingerprint density at radius 2 is 1.78 bits per heavy atom. The second kappa shape index (κ2) is 10.1. The lowest BCUT2D eigenvalue weighted by Gasteiger charge is -2.30. The van der Waals surface area contributed by atoms with E-state index >= 15 is 0 Å². The molecule has 0 spiro atoms. The van der Waals surface area contributed by atoms with E-state index in [4.69, 9.17) is 4.74 Å². The van der Waals surface area contributed by atoms with Crippen molar-refractivity contribution in [2.24, 2.45) is 5.41 Å². The van der Waals surface area contributed by atoms with Crippen molar-refractivity contribution >= 4 is 16.8 Å². The molecule has 0 radical (unpaired) electrons. The topological polar surface area (TPSA) is 76.4 Å². The Kier molecular flexibility index (Phi) is 7.08. The zero-order valence-corrected chi connectivity index (χ0v) is 20.6. The van der Waals surface area contributed by atoms with E-state index in [1.165, 1.54) is 24.3 Å². The van der Waals surface area contributed by atoms with Gasteiger partial charge in [-0.2, -0.15) is 5.10 Å². The van der Waals surface area contributed by atoms with Gasteiger partial charge in [0.1, 0.15) is 23.5 Å². The minimum absolute atomic E-state index is 0.304. The van der Waals surface area contributed by atoms with Gasteiger partial charge in [-0.05, 0) is 93.4 Å². The lowest BCUT2D eigenvalue weighted by atomic mass is 9.92. The zero-order chi connectivity index (χ0) is 26.0. The normalized spacial score (nSPS) is 13.4. The van der Waals surface area contributed by atoms with E-state index in [1.807, 2.05) is 19.1 Å². The third-order valence-electron chi connectivity index (χ3n) is 6.23. The van der Waals surface area contributed by atoms with Crippen LogP contribution in [0.25, 0.3) is 16.6 Å². The van der Waals surface area contributed by atoms with E-state index in [0.717, 1.165) is 22.2 Å². The summed E-state index contributed by atoms with van der Waals surface area (Å²) in [5.74, 6) is -0.460. The van der Waals surface area contributed by atoms with Crippen molar-refractivity contribution in [1.29, 1.82) is 0 Å². The number of carbonyl (C=O) groups excluding carboxylic acids is 1. The number of aliphatic hydroxyl groups excluding tert-OH is 1. The molecule has 8 heteroatoms. The molecule has 1 heterocycles. The molecule has 2 atom stereocenters. The number of carbonyl (C=O) groups is 1. The fourth-order valence-corrected chi connectivity index (χ4v) is 3.96. The Bertz CT molecular complexity index is 1380. The van der Waals surface area contributed by atoms with Gasteiger partial charge < -0.3 is 15.2 Å². The number of nitrogens with zero attached hydrogens (tertiary/aromatic N) is 2. The number of halogens is 2. The predicted octanol–water partition coefficient (Wildman–Crippen LogP) is 5.26. The molecule has 6 nitrogen and oxygen atoms in total. The Balaban J connectivity index is 1.66. The molecular weight excluding hydrogens is 464 g/mol. The molecule has 0 saturated carbocycles. The Morgan fingerprint density at radius 1 is 1.08 bits per heavy atom. The first-order valence-corrected chi connectivity index (χ1v) is 11.7. The van der Waals surface area contributed by atoms with Crippen molar-refractivity contribution in [3.8, 4) is 11.4 Å². The standard InChI is InChI=1S/C28H29F2N3O3/c1-17-13-21(30)7-11-24(17)26(18(2)32-27(35)28(3,4)16-34)36-23-10-12-25-19(14-23)15-31-33(25)22-8-5-20(29)6-9-22/h5-15,18,26,34H,16H2,1-4H3,(H,32,35)/t18-,26-/m0/s1. The van der Waals surface area contributed by atoms with Crippen LogP contribution in [-0.4, -0.2) is 33.4 Å². The Morgan fingerprint density at radius 3 is 2.44 bits per heavy atom. The molecule has 1 aromatic heterocycles. The van der Waals surface area contributed by atoms with Gasteiger partial charge >= 0.3 is 0 Å². The number of aryl methyl sites for hydroxylation is 1. The van der Waals surface area contributed by atoms with Crippen LogP contribution < -0.4 is 10.1 Å². The Hall–Kier alpha value is -3.78. The summed E-state index contributed by atoms with van der Waals surface area (Å²) in [6, 6.07) is 15.5. The minimum atomic E-state index is -0.968. The molecule has 0 bridgehead atoms. The van der Waals surface area contributed by atoms with Crippen molar-refractivity contribution in [1.82, 2.24) is 15.1 Å². The van der Waals surface area contributed by atoms with Crippen LogP contribution >= 0.6 is 0 Å². The van der Waals surface area contributed by atoms with Crippen LogP contribution in [0.1, 0.15) is 38.0 Å². The van der Waals surface area contributed by atoms with Crippen molar-refractivity contribution < 1.29 is 23.4 Å². The molecule has 0 unspecified atom stereocenters. The molecule has 1 amide bonds. The zero-order valence-electron chi connectivity index (χ0n) is 20.6. The SMILES string of the molecule is Cc1cc(F)ccc1[C@@H](Oc1ccc2c(cnn2-c2ccc(F)cc2)c1)[C@H](C)NC(=O)C(C)(C)CO. The van der Waals surface area contributed by atoms with Crippen molar-refractivity contribution in [3.05, 3.63) is 89.6 Å². The summed E-state index contributed by atoms with van der Waals surface area (Å²) in [5, 5.41) is 17.7. The number of ether oxygens (including phenoxy) is 1. The van der Waals surface area contributed by atoms with Gasteiger partial charge in [0.05, 0.1) is 35.5 Å². The molecular formula is C28H29F2N3O3. The lowest BCUT2D eigenvalue weighted by Crippen LogP contribution is -2.46. The number of nitrogens with one attached hydrogen (secondary N) is 1. The third kappa shape index (κ3) is 5.23. The van der Waals surface area contributed by atoms with Gasteiger partial charge in [0.2, 0.25) is 5.91 Å². The largest absolute Gasteiger partial charge is 0.484 e. The monoisotopic (exact) mass is 493 g/mol. The molecule has 0 saturated heterocycles. The molecule has 0 aliphatic carbocycles. The molecule has 36 heavy (non-hydrogen) atoms. The molecule has 0 aliphatic rings. The van der Waals surface area contributed by atoms with Crippen molar-refractivity contribution in [3.63, 3.8) is 0 Å². The van der Waals surface area contributed by atoms with E-state index in [1.54, 1.807) is 55.9 Å². The first kappa shape index (κ1) is 25.3. The van der Waals surface area contributed by atoms with Crippen LogP contribution in [0.3, 0.4) is 0 Å². The molecule has 0 fully saturated rings. The number of fused-ring (bicyclic) bond motifs is 1. The molecule has 4 aromatic rings. The maximum atomic E-state index is 13.8. The van der Waals surface area contributed by atoms with E-state index in [-0.39, 0.29) is 24.1 Å². The van der Waals surface area contributed by atoms with Gasteiger partial charge in [-0.1, -0.05) is 6.07 Å². The molecule has 188 valence electrons. The van der Waals surface area contributed by atoms with Gasteiger partial charge in [-0.25, -0.2) is 13.5 Å². The van der Waals surface area contributed by atoms with Crippen LogP contribution in [0.15, 0.2) is 66.9 Å². The second-order valence-corrected chi connectivity index (χ2v) is 9.60. The summed E-state index contributed by atoms with van der Waals surface area (Å²) in [6.45, 7) is 6.60.